The van der Waals surface area contributed by atoms with Crippen molar-refractivity contribution in [3.8, 4) is 5.75 Å². The maximum Gasteiger partial charge on any atom is 0.256 e. The van der Waals surface area contributed by atoms with Gasteiger partial charge in [0.1, 0.15) is 5.75 Å². The Kier molecular flexibility index (Phi) is 5.64. The zero-order valence-electron chi connectivity index (χ0n) is 14.2. The first kappa shape index (κ1) is 18.9. The molecule has 0 bridgehead atoms. The second-order valence-corrected chi connectivity index (χ2v) is 8.73. The van der Waals surface area contributed by atoms with Crippen LogP contribution in [0, 0.1) is 0 Å². The van der Waals surface area contributed by atoms with E-state index in [1.807, 2.05) is 0 Å². The summed E-state index contributed by atoms with van der Waals surface area (Å²) in [5.41, 5.74) is 0.821. The van der Waals surface area contributed by atoms with Gasteiger partial charge in [0, 0.05) is 23.2 Å². The molecule has 0 unspecified atom stereocenters. The minimum Gasteiger partial charge on any atom is -0.497 e. The Hall–Kier alpha value is -1.90. The standard InChI is InChI=1S/C18H19BrN2O4S/c1-25-14-7-8-17(19)16(12-14)18(22)20-13-5-4-6-15(11-13)26(23,24)21-9-2-3-10-21/h4-8,11-12H,2-3,9-10H2,1H3,(H,20,22). The van der Waals surface area contributed by atoms with Crippen molar-refractivity contribution >= 4 is 37.5 Å². The molecule has 1 aliphatic rings. The fraction of sp³-hybridized carbons (Fsp3) is 0.278. The van der Waals surface area contributed by atoms with Crippen molar-refractivity contribution in [3.05, 3.63) is 52.5 Å². The average molecular weight is 439 g/mol. The first-order valence-electron chi connectivity index (χ1n) is 8.17. The third-order valence-electron chi connectivity index (χ3n) is 4.21. The lowest BCUT2D eigenvalue weighted by Crippen LogP contribution is -2.27. The number of nitrogens with one attached hydrogen (secondary N) is 1. The molecule has 1 N–H and O–H groups in total. The molecular formula is C18H19BrN2O4S. The fourth-order valence-corrected chi connectivity index (χ4v) is 4.81. The summed E-state index contributed by atoms with van der Waals surface area (Å²) in [6, 6.07) is 11.4. The van der Waals surface area contributed by atoms with E-state index >= 15 is 0 Å². The summed E-state index contributed by atoms with van der Waals surface area (Å²) in [4.78, 5) is 12.7. The molecule has 0 radical (unpaired) electrons. The number of rotatable bonds is 5. The van der Waals surface area contributed by atoms with Gasteiger partial charge in [0.05, 0.1) is 17.6 Å². The number of nitrogens with zero attached hydrogens (tertiary/aromatic N) is 1. The average Bonchev–Trinajstić information content (AvgIpc) is 3.18. The Balaban J connectivity index is 1.84. The summed E-state index contributed by atoms with van der Waals surface area (Å²) in [7, 11) is -2.00. The molecule has 0 saturated carbocycles. The normalized spacial score (nSPS) is 15.0. The van der Waals surface area contributed by atoms with Crippen molar-refractivity contribution < 1.29 is 17.9 Å². The second-order valence-electron chi connectivity index (χ2n) is 5.94. The van der Waals surface area contributed by atoms with Crippen molar-refractivity contribution in [2.45, 2.75) is 17.7 Å². The van der Waals surface area contributed by atoms with Gasteiger partial charge in [0.15, 0.2) is 0 Å². The minimum atomic E-state index is -3.53. The zero-order chi connectivity index (χ0) is 18.7. The van der Waals surface area contributed by atoms with E-state index in [0.717, 1.165) is 12.8 Å². The molecule has 1 aliphatic heterocycles. The van der Waals surface area contributed by atoms with Crippen molar-refractivity contribution in [1.82, 2.24) is 4.31 Å². The highest BCUT2D eigenvalue weighted by molar-refractivity contribution is 9.10. The quantitative estimate of drug-likeness (QED) is 0.774. The number of benzene rings is 2. The Morgan fingerprint density at radius 2 is 1.88 bits per heavy atom. The maximum absolute atomic E-state index is 12.7. The zero-order valence-corrected chi connectivity index (χ0v) is 16.6. The van der Waals surface area contributed by atoms with Crippen molar-refractivity contribution in [3.63, 3.8) is 0 Å². The summed E-state index contributed by atoms with van der Waals surface area (Å²) >= 11 is 3.35. The Bertz CT molecular complexity index is 925. The van der Waals surface area contributed by atoms with E-state index in [1.54, 1.807) is 36.4 Å². The summed E-state index contributed by atoms with van der Waals surface area (Å²) < 4.78 is 32.6. The summed E-state index contributed by atoms with van der Waals surface area (Å²) in [5.74, 6) is 0.204. The molecule has 26 heavy (non-hydrogen) atoms. The lowest BCUT2D eigenvalue weighted by atomic mass is 10.2. The van der Waals surface area contributed by atoms with Crippen LogP contribution in [0.25, 0.3) is 0 Å². The first-order valence-corrected chi connectivity index (χ1v) is 10.4. The summed E-state index contributed by atoms with van der Waals surface area (Å²) in [6.07, 6.45) is 1.75. The lowest BCUT2D eigenvalue weighted by Gasteiger charge is -2.16. The predicted octanol–water partition coefficient (Wildman–Crippen LogP) is 3.49. The molecule has 6 nitrogen and oxygen atoms in total. The molecule has 1 heterocycles. The van der Waals surface area contributed by atoms with E-state index in [2.05, 4.69) is 21.2 Å². The van der Waals surface area contributed by atoms with Crippen LogP contribution >= 0.6 is 15.9 Å². The Labute approximate surface area is 161 Å². The molecule has 1 saturated heterocycles. The molecule has 0 spiro atoms. The predicted molar refractivity (Wildman–Crippen MR) is 103 cm³/mol. The number of carbonyl (C=O) groups is 1. The van der Waals surface area contributed by atoms with Crippen LogP contribution in [-0.4, -0.2) is 38.8 Å². The van der Waals surface area contributed by atoms with Crippen LogP contribution in [0.4, 0.5) is 5.69 Å². The van der Waals surface area contributed by atoms with Gasteiger partial charge in [0.25, 0.3) is 5.91 Å². The minimum absolute atomic E-state index is 0.182. The highest BCUT2D eigenvalue weighted by Crippen LogP contribution is 2.26. The molecule has 138 valence electrons. The van der Waals surface area contributed by atoms with Gasteiger partial charge in [-0.05, 0) is 65.2 Å². The van der Waals surface area contributed by atoms with Gasteiger partial charge >= 0.3 is 0 Å². The van der Waals surface area contributed by atoms with E-state index in [4.69, 9.17) is 4.74 Å². The lowest BCUT2D eigenvalue weighted by molar-refractivity contribution is 0.102. The maximum atomic E-state index is 12.7. The summed E-state index contributed by atoms with van der Waals surface area (Å²) in [5, 5.41) is 2.75. The summed E-state index contributed by atoms with van der Waals surface area (Å²) in [6.45, 7) is 1.07. The number of sulfonamides is 1. The van der Waals surface area contributed by atoms with Crippen molar-refractivity contribution in [1.29, 1.82) is 0 Å². The Morgan fingerprint density at radius 1 is 1.15 bits per heavy atom. The monoisotopic (exact) mass is 438 g/mol. The number of hydrogen-bond donors (Lipinski definition) is 1. The van der Waals surface area contributed by atoms with E-state index in [-0.39, 0.29) is 10.8 Å². The largest absolute Gasteiger partial charge is 0.497 e. The van der Waals surface area contributed by atoms with Crippen molar-refractivity contribution in [2.24, 2.45) is 0 Å². The number of anilines is 1. The van der Waals surface area contributed by atoms with E-state index in [0.29, 0.717) is 34.6 Å². The number of halogens is 1. The SMILES string of the molecule is COc1ccc(Br)c(C(=O)Nc2cccc(S(=O)(=O)N3CCCC3)c2)c1. The van der Waals surface area contributed by atoms with E-state index in [9.17, 15) is 13.2 Å². The number of ether oxygens (including phenoxy) is 1. The molecule has 0 aliphatic carbocycles. The first-order chi connectivity index (χ1) is 12.4. The number of hydrogen-bond acceptors (Lipinski definition) is 4. The molecule has 3 rings (SSSR count). The van der Waals surface area contributed by atoms with Crippen LogP contribution in [0.2, 0.25) is 0 Å². The van der Waals surface area contributed by atoms with Crippen LogP contribution in [0.1, 0.15) is 23.2 Å². The van der Waals surface area contributed by atoms with Gasteiger partial charge in [-0.2, -0.15) is 4.31 Å². The van der Waals surface area contributed by atoms with Gasteiger partial charge in [-0.25, -0.2) is 8.42 Å². The van der Waals surface area contributed by atoms with Crippen LogP contribution in [0.5, 0.6) is 5.75 Å². The highest BCUT2D eigenvalue weighted by atomic mass is 79.9. The van der Waals surface area contributed by atoms with Gasteiger partial charge in [-0.15, -0.1) is 0 Å². The van der Waals surface area contributed by atoms with Crippen LogP contribution in [0.15, 0.2) is 51.8 Å². The molecule has 1 amide bonds. The molecule has 0 aromatic heterocycles. The van der Waals surface area contributed by atoms with E-state index < -0.39 is 10.0 Å². The Morgan fingerprint density at radius 3 is 2.58 bits per heavy atom. The fourth-order valence-electron chi connectivity index (χ4n) is 2.82. The smallest absolute Gasteiger partial charge is 0.256 e. The number of methoxy groups -OCH3 is 1. The van der Waals surface area contributed by atoms with Gasteiger partial charge in [-0.1, -0.05) is 6.07 Å². The third kappa shape index (κ3) is 3.92. The van der Waals surface area contributed by atoms with Crippen LogP contribution < -0.4 is 10.1 Å². The van der Waals surface area contributed by atoms with Gasteiger partial charge in [0.2, 0.25) is 10.0 Å². The number of carbonyl (C=O) groups excluding carboxylic acids is 1. The molecule has 0 atom stereocenters. The number of amides is 1. The molecule has 1 fully saturated rings. The molecule has 2 aromatic rings. The molecule has 8 heteroatoms. The topological polar surface area (TPSA) is 75.7 Å². The van der Waals surface area contributed by atoms with E-state index in [1.165, 1.54) is 17.5 Å². The molecule has 2 aromatic carbocycles. The molecular weight excluding hydrogens is 420 g/mol. The third-order valence-corrected chi connectivity index (χ3v) is 6.80. The highest BCUT2D eigenvalue weighted by Gasteiger charge is 2.27. The van der Waals surface area contributed by atoms with Crippen LogP contribution in [0.3, 0.4) is 0 Å². The van der Waals surface area contributed by atoms with Crippen molar-refractivity contribution in [2.75, 3.05) is 25.5 Å². The van der Waals surface area contributed by atoms with Gasteiger partial charge < -0.3 is 10.1 Å². The van der Waals surface area contributed by atoms with Gasteiger partial charge in [-0.3, -0.25) is 4.79 Å². The van der Waals surface area contributed by atoms with Crippen LogP contribution in [-0.2, 0) is 10.0 Å². The second kappa shape index (κ2) is 7.77.